The molecule has 3 nitrogen and oxygen atoms in total. The van der Waals surface area contributed by atoms with Gasteiger partial charge in [-0.3, -0.25) is 0 Å². The molecule has 3 aromatic rings. The van der Waals surface area contributed by atoms with Crippen molar-refractivity contribution in [2.75, 3.05) is 12.4 Å². The monoisotopic (exact) mass is 270 g/mol. The summed E-state index contributed by atoms with van der Waals surface area (Å²) in [6, 6.07) is 16.1. The Balaban J connectivity index is 1.74. The largest absolute Gasteiger partial charge is 0.497 e. The zero-order valence-corrected chi connectivity index (χ0v) is 11.4. The van der Waals surface area contributed by atoms with E-state index >= 15 is 0 Å². The van der Waals surface area contributed by atoms with Crippen LogP contribution in [0.15, 0.2) is 48.5 Å². The summed E-state index contributed by atoms with van der Waals surface area (Å²) in [6.07, 6.45) is 0. The summed E-state index contributed by atoms with van der Waals surface area (Å²) in [5.41, 5.74) is 2.11. The number of nitrogens with zero attached hydrogens (tertiary/aromatic N) is 1. The SMILES string of the molecule is COc1cccc(NCc2nc3ccccc3s2)c1. The zero-order chi connectivity index (χ0) is 13.1. The predicted molar refractivity (Wildman–Crippen MR) is 79.9 cm³/mol. The lowest BCUT2D eigenvalue weighted by Gasteiger charge is -2.06. The van der Waals surface area contributed by atoms with Crippen LogP contribution in [0.5, 0.6) is 5.75 Å². The molecule has 1 aromatic heterocycles. The van der Waals surface area contributed by atoms with Crippen LogP contribution < -0.4 is 10.1 Å². The van der Waals surface area contributed by atoms with Gasteiger partial charge in [0.2, 0.25) is 0 Å². The first-order chi connectivity index (χ1) is 9.35. The second-order valence-electron chi connectivity index (χ2n) is 4.16. The number of nitrogens with one attached hydrogen (secondary N) is 1. The van der Waals surface area contributed by atoms with Gasteiger partial charge in [-0.25, -0.2) is 4.98 Å². The molecule has 96 valence electrons. The van der Waals surface area contributed by atoms with Gasteiger partial charge < -0.3 is 10.1 Å². The molecular weight excluding hydrogens is 256 g/mol. The fraction of sp³-hybridized carbons (Fsp3) is 0.133. The van der Waals surface area contributed by atoms with Gasteiger partial charge >= 0.3 is 0 Å². The molecule has 0 bridgehead atoms. The standard InChI is InChI=1S/C15H14N2OS/c1-18-12-6-4-5-11(9-12)16-10-15-17-13-7-2-3-8-14(13)19-15/h2-9,16H,10H2,1H3. The van der Waals surface area contributed by atoms with Crippen LogP contribution in [0.1, 0.15) is 5.01 Å². The molecule has 0 fully saturated rings. The molecule has 0 radical (unpaired) electrons. The number of methoxy groups -OCH3 is 1. The first-order valence-electron chi connectivity index (χ1n) is 6.07. The second-order valence-corrected chi connectivity index (χ2v) is 5.28. The van der Waals surface area contributed by atoms with Gasteiger partial charge in [0.15, 0.2) is 0 Å². The molecular formula is C15H14N2OS. The van der Waals surface area contributed by atoms with Crippen molar-refractivity contribution >= 4 is 27.2 Å². The number of hydrogen-bond donors (Lipinski definition) is 1. The summed E-state index contributed by atoms with van der Waals surface area (Å²) in [6.45, 7) is 0.729. The van der Waals surface area contributed by atoms with Crippen molar-refractivity contribution in [1.29, 1.82) is 0 Å². The molecule has 0 aliphatic heterocycles. The lowest BCUT2D eigenvalue weighted by molar-refractivity contribution is 0.415. The third-order valence-electron chi connectivity index (χ3n) is 2.85. The molecule has 0 aliphatic carbocycles. The van der Waals surface area contributed by atoms with Crippen LogP contribution in [0.4, 0.5) is 5.69 Å². The quantitative estimate of drug-likeness (QED) is 0.780. The van der Waals surface area contributed by atoms with Crippen LogP contribution in [0.25, 0.3) is 10.2 Å². The van der Waals surface area contributed by atoms with Crippen LogP contribution in [0, 0.1) is 0 Å². The number of fused-ring (bicyclic) bond motifs is 1. The van der Waals surface area contributed by atoms with E-state index in [2.05, 4.69) is 16.4 Å². The fourth-order valence-corrected chi connectivity index (χ4v) is 2.81. The van der Waals surface area contributed by atoms with Gasteiger partial charge in [-0.1, -0.05) is 18.2 Å². The van der Waals surface area contributed by atoms with Crippen molar-refractivity contribution in [2.24, 2.45) is 0 Å². The van der Waals surface area contributed by atoms with Crippen LogP contribution in [-0.4, -0.2) is 12.1 Å². The predicted octanol–water partition coefficient (Wildman–Crippen LogP) is 3.92. The van der Waals surface area contributed by atoms with Crippen LogP contribution >= 0.6 is 11.3 Å². The van der Waals surface area contributed by atoms with Crippen LogP contribution in [0.2, 0.25) is 0 Å². The maximum Gasteiger partial charge on any atom is 0.120 e. The maximum atomic E-state index is 5.20. The van der Waals surface area contributed by atoms with E-state index in [1.807, 2.05) is 42.5 Å². The molecule has 1 heterocycles. The highest BCUT2D eigenvalue weighted by atomic mass is 32.1. The Kier molecular flexibility index (Phi) is 3.33. The molecule has 2 aromatic carbocycles. The molecule has 19 heavy (non-hydrogen) atoms. The Labute approximate surface area is 115 Å². The third kappa shape index (κ3) is 2.69. The van der Waals surface area contributed by atoms with Gasteiger partial charge in [0.05, 0.1) is 23.9 Å². The molecule has 0 amide bonds. The van der Waals surface area contributed by atoms with E-state index in [1.165, 1.54) is 4.70 Å². The highest BCUT2D eigenvalue weighted by Crippen LogP contribution is 2.23. The van der Waals surface area contributed by atoms with Gasteiger partial charge in [0.25, 0.3) is 0 Å². The van der Waals surface area contributed by atoms with Crippen molar-refractivity contribution in [3.05, 3.63) is 53.5 Å². The topological polar surface area (TPSA) is 34.1 Å². The summed E-state index contributed by atoms with van der Waals surface area (Å²) in [5, 5.41) is 4.45. The molecule has 1 N–H and O–H groups in total. The van der Waals surface area contributed by atoms with Gasteiger partial charge in [0, 0.05) is 11.8 Å². The molecule has 0 unspecified atom stereocenters. The molecule has 4 heteroatoms. The van der Waals surface area contributed by atoms with E-state index < -0.39 is 0 Å². The first-order valence-corrected chi connectivity index (χ1v) is 6.89. The number of benzene rings is 2. The van der Waals surface area contributed by atoms with Gasteiger partial charge in [0.1, 0.15) is 10.8 Å². The summed E-state index contributed by atoms with van der Waals surface area (Å²) in [5.74, 6) is 0.856. The van der Waals surface area contributed by atoms with Crippen molar-refractivity contribution < 1.29 is 4.74 Å². The highest BCUT2D eigenvalue weighted by molar-refractivity contribution is 7.18. The third-order valence-corrected chi connectivity index (χ3v) is 3.89. The van der Waals surface area contributed by atoms with Crippen molar-refractivity contribution in [1.82, 2.24) is 4.98 Å². The van der Waals surface area contributed by atoms with E-state index in [0.717, 1.165) is 28.5 Å². The van der Waals surface area contributed by atoms with E-state index in [4.69, 9.17) is 4.74 Å². The average Bonchev–Trinajstić information content (AvgIpc) is 2.88. The molecule has 0 atom stereocenters. The first kappa shape index (κ1) is 12.0. The van der Waals surface area contributed by atoms with E-state index in [9.17, 15) is 0 Å². The van der Waals surface area contributed by atoms with Crippen LogP contribution in [-0.2, 0) is 6.54 Å². The molecule has 0 spiro atoms. The number of rotatable bonds is 4. The minimum Gasteiger partial charge on any atom is -0.497 e. The minimum atomic E-state index is 0.729. The van der Waals surface area contributed by atoms with E-state index in [-0.39, 0.29) is 0 Å². The minimum absolute atomic E-state index is 0.729. The van der Waals surface area contributed by atoms with E-state index in [1.54, 1.807) is 18.4 Å². The normalized spacial score (nSPS) is 10.6. The number of para-hydroxylation sites is 1. The van der Waals surface area contributed by atoms with Gasteiger partial charge in [-0.2, -0.15) is 0 Å². The van der Waals surface area contributed by atoms with Crippen molar-refractivity contribution in [3.63, 3.8) is 0 Å². The van der Waals surface area contributed by atoms with Crippen molar-refractivity contribution in [2.45, 2.75) is 6.54 Å². The summed E-state index contributed by atoms with van der Waals surface area (Å²) < 4.78 is 6.43. The summed E-state index contributed by atoms with van der Waals surface area (Å²) >= 11 is 1.72. The Morgan fingerprint density at radius 3 is 2.89 bits per heavy atom. The Morgan fingerprint density at radius 2 is 2.05 bits per heavy atom. The van der Waals surface area contributed by atoms with Crippen molar-refractivity contribution in [3.8, 4) is 5.75 Å². The number of hydrogen-bond acceptors (Lipinski definition) is 4. The highest BCUT2D eigenvalue weighted by Gasteiger charge is 2.03. The van der Waals surface area contributed by atoms with Gasteiger partial charge in [-0.15, -0.1) is 11.3 Å². The summed E-state index contributed by atoms with van der Waals surface area (Å²) in [4.78, 5) is 4.60. The summed E-state index contributed by atoms with van der Waals surface area (Å²) in [7, 11) is 1.67. The van der Waals surface area contributed by atoms with Crippen LogP contribution in [0.3, 0.4) is 0 Å². The van der Waals surface area contributed by atoms with E-state index in [0.29, 0.717) is 0 Å². The van der Waals surface area contributed by atoms with Gasteiger partial charge in [-0.05, 0) is 24.3 Å². The smallest absolute Gasteiger partial charge is 0.120 e. The number of thiazole rings is 1. The lowest BCUT2D eigenvalue weighted by Crippen LogP contribution is -1.98. The molecule has 3 rings (SSSR count). The Hall–Kier alpha value is -2.07. The number of aromatic nitrogens is 1. The average molecular weight is 270 g/mol. The lowest BCUT2D eigenvalue weighted by atomic mass is 10.3. The zero-order valence-electron chi connectivity index (χ0n) is 10.6. The Bertz CT molecular complexity index is 660. The number of anilines is 1. The fourth-order valence-electron chi connectivity index (χ4n) is 1.91. The maximum absolute atomic E-state index is 5.20. The second kappa shape index (κ2) is 5.28. The Morgan fingerprint density at radius 1 is 1.16 bits per heavy atom. The molecule has 0 aliphatic rings. The molecule has 0 saturated heterocycles. The number of ether oxygens (including phenoxy) is 1. The molecule has 0 saturated carbocycles.